The molecule has 27 heavy (non-hydrogen) atoms. The monoisotopic (exact) mass is 365 g/mol. The Kier molecular flexibility index (Phi) is 5.78. The lowest BCUT2D eigenvalue weighted by Crippen LogP contribution is -2.00. The SMILES string of the molecule is COc1ccc(-c2cnnc(N/N=C/c3ccc(OC)c(OC)c3)n2)cc1. The van der Waals surface area contributed by atoms with Gasteiger partial charge in [-0.15, -0.1) is 5.10 Å². The number of nitrogens with one attached hydrogen (secondary N) is 1. The van der Waals surface area contributed by atoms with E-state index >= 15 is 0 Å². The summed E-state index contributed by atoms with van der Waals surface area (Å²) in [6, 6.07) is 13.0. The highest BCUT2D eigenvalue weighted by Crippen LogP contribution is 2.27. The minimum Gasteiger partial charge on any atom is -0.497 e. The molecule has 1 aromatic heterocycles. The number of ether oxygens (including phenoxy) is 3. The molecule has 0 amide bonds. The van der Waals surface area contributed by atoms with Gasteiger partial charge in [-0.2, -0.15) is 10.2 Å². The quantitative estimate of drug-likeness (QED) is 0.508. The molecule has 0 radical (unpaired) electrons. The lowest BCUT2D eigenvalue weighted by atomic mass is 10.1. The molecule has 3 rings (SSSR count). The summed E-state index contributed by atoms with van der Waals surface area (Å²) in [5.41, 5.74) is 5.19. The first-order chi connectivity index (χ1) is 13.2. The molecule has 8 nitrogen and oxygen atoms in total. The molecule has 0 fully saturated rings. The molecule has 0 aliphatic carbocycles. The van der Waals surface area contributed by atoms with Crippen molar-refractivity contribution < 1.29 is 14.2 Å². The first-order valence-electron chi connectivity index (χ1n) is 8.08. The van der Waals surface area contributed by atoms with Gasteiger partial charge < -0.3 is 14.2 Å². The van der Waals surface area contributed by atoms with Gasteiger partial charge in [-0.3, -0.25) is 0 Å². The lowest BCUT2D eigenvalue weighted by molar-refractivity contribution is 0.355. The van der Waals surface area contributed by atoms with Crippen LogP contribution in [0.2, 0.25) is 0 Å². The Morgan fingerprint density at radius 2 is 1.70 bits per heavy atom. The fraction of sp³-hybridized carbons (Fsp3) is 0.158. The van der Waals surface area contributed by atoms with Gasteiger partial charge in [-0.25, -0.2) is 10.4 Å². The summed E-state index contributed by atoms with van der Waals surface area (Å²) >= 11 is 0. The molecule has 1 heterocycles. The summed E-state index contributed by atoms with van der Waals surface area (Å²) < 4.78 is 15.6. The minimum absolute atomic E-state index is 0.292. The molecule has 0 saturated heterocycles. The van der Waals surface area contributed by atoms with Crippen LogP contribution in [0.3, 0.4) is 0 Å². The van der Waals surface area contributed by atoms with E-state index in [1.165, 1.54) is 0 Å². The van der Waals surface area contributed by atoms with Crippen molar-refractivity contribution in [1.82, 2.24) is 15.2 Å². The highest BCUT2D eigenvalue weighted by atomic mass is 16.5. The van der Waals surface area contributed by atoms with Crippen LogP contribution >= 0.6 is 0 Å². The van der Waals surface area contributed by atoms with Gasteiger partial charge in [0.1, 0.15) is 5.75 Å². The summed E-state index contributed by atoms with van der Waals surface area (Å²) in [6.07, 6.45) is 3.22. The maximum atomic E-state index is 5.27. The highest BCUT2D eigenvalue weighted by Gasteiger charge is 2.05. The third kappa shape index (κ3) is 4.49. The number of anilines is 1. The van der Waals surface area contributed by atoms with E-state index in [2.05, 4.69) is 25.7 Å². The Bertz CT molecular complexity index is 929. The molecule has 0 saturated carbocycles. The van der Waals surface area contributed by atoms with Gasteiger partial charge >= 0.3 is 0 Å². The number of hydrogen-bond donors (Lipinski definition) is 1. The summed E-state index contributed by atoms with van der Waals surface area (Å²) in [5.74, 6) is 2.35. The zero-order valence-electron chi connectivity index (χ0n) is 15.2. The number of hydrogen-bond acceptors (Lipinski definition) is 8. The predicted molar refractivity (Wildman–Crippen MR) is 103 cm³/mol. The van der Waals surface area contributed by atoms with Crippen LogP contribution in [0.5, 0.6) is 17.2 Å². The van der Waals surface area contributed by atoms with Crippen molar-refractivity contribution in [3.8, 4) is 28.5 Å². The molecule has 2 aromatic carbocycles. The molecule has 3 aromatic rings. The number of methoxy groups -OCH3 is 3. The molecule has 8 heteroatoms. The smallest absolute Gasteiger partial charge is 0.263 e. The van der Waals surface area contributed by atoms with Crippen LogP contribution in [0.1, 0.15) is 5.56 Å². The van der Waals surface area contributed by atoms with E-state index in [-0.39, 0.29) is 0 Å². The Morgan fingerprint density at radius 3 is 2.41 bits per heavy atom. The Balaban J connectivity index is 1.72. The van der Waals surface area contributed by atoms with E-state index in [9.17, 15) is 0 Å². The van der Waals surface area contributed by atoms with Crippen LogP contribution in [0, 0.1) is 0 Å². The van der Waals surface area contributed by atoms with E-state index in [4.69, 9.17) is 14.2 Å². The van der Waals surface area contributed by atoms with Gasteiger partial charge in [0.15, 0.2) is 11.5 Å². The second-order valence-electron chi connectivity index (χ2n) is 5.38. The molecule has 0 aliphatic rings. The molecule has 0 atom stereocenters. The van der Waals surface area contributed by atoms with Gasteiger partial charge in [-0.1, -0.05) is 0 Å². The maximum Gasteiger partial charge on any atom is 0.263 e. The van der Waals surface area contributed by atoms with Gasteiger partial charge in [0, 0.05) is 5.56 Å². The molecular weight excluding hydrogens is 346 g/mol. The standard InChI is InChI=1S/C19H19N5O3/c1-25-15-7-5-14(6-8-15)16-12-21-24-19(22-16)23-20-11-13-4-9-17(26-2)18(10-13)27-3/h4-12H,1-3H3,(H,22,23,24)/b20-11+. The topological polar surface area (TPSA) is 90.8 Å². The molecular formula is C19H19N5O3. The van der Waals surface area contributed by atoms with Crippen LogP contribution in [0.15, 0.2) is 53.8 Å². The third-order valence-electron chi connectivity index (χ3n) is 3.73. The zero-order valence-corrected chi connectivity index (χ0v) is 15.2. The van der Waals surface area contributed by atoms with Gasteiger partial charge in [-0.05, 0) is 48.0 Å². The molecule has 1 N–H and O–H groups in total. The van der Waals surface area contributed by atoms with Gasteiger partial charge in [0.25, 0.3) is 5.95 Å². The maximum absolute atomic E-state index is 5.27. The zero-order chi connectivity index (χ0) is 19.1. The Hall–Kier alpha value is -3.68. The normalized spacial score (nSPS) is 10.6. The lowest BCUT2D eigenvalue weighted by Gasteiger charge is -2.07. The third-order valence-corrected chi connectivity index (χ3v) is 3.73. The van der Waals surface area contributed by atoms with E-state index in [0.29, 0.717) is 23.1 Å². The predicted octanol–water partition coefficient (Wildman–Crippen LogP) is 3.01. The van der Waals surface area contributed by atoms with Crippen molar-refractivity contribution in [2.45, 2.75) is 0 Å². The minimum atomic E-state index is 0.292. The van der Waals surface area contributed by atoms with Crippen molar-refractivity contribution in [3.05, 3.63) is 54.2 Å². The second-order valence-corrected chi connectivity index (χ2v) is 5.38. The van der Waals surface area contributed by atoms with Crippen LogP contribution in [-0.2, 0) is 0 Å². The number of rotatable bonds is 7. The second kappa shape index (κ2) is 8.61. The summed E-state index contributed by atoms with van der Waals surface area (Å²) in [4.78, 5) is 4.41. The number of hydrazone groups is 1. The molecule has 0 aliphatic heterocycles. The summed E-state index contributed by atoms with van der Waals surface area (Å²) in [6.45, 7) is 0. The highest BCUT2D eigenvalue weighted by molar-refractivity contribution is 5.81. The van der Waals surface area contributed by atoms with Crippen LogP contribution in [0.4, 0.5) is 5.95 Å². The number of aromatic nitrogens is 3. The molecule has 138 valence electrons. The fourth-order valence-corrected chi connectivity index (χ4v) is 2.35. The largest absolute Gasteiger partial charge is 0.497 e. The van der Waals surface area contributed by atoms with Crippen LogP contribution in [0.25, 0.3) is 11.3 Å². The van der Waals surface area contributed by atoms with Gasteiger partial charge in [0.05, 0.1) is 39.4 Å². The summed E-state index contributed by atoms with van der Waals surface area (Å²) in [7, 11) is 4.80. The van der Waals surface area contributed by atoms with E-state index in [1.807, 2.05) is 42.5 Å². The van der Waals surface area contributed by atoms with Crippen LogP contribution in [-0.4, -0.2) is 42.7 Å². The Morgan fingerprint density at radius 1 is 0.926 bits per heavy atom. The van der Waals surface area contributed by atoms with Crippen molar-refractivity contribution in [2.75, 3.05) is 26.8 Å². The van der Waals surface area contributed by atoms with Gasteiger partial charge in [0.2, 0.25) is 0 Å². The van der Waals surface area contributed by atoms with Crippen molar-refractivity contribution in [1.29, 1.82) is 0 Å². The van der Waals surface area contributed by atoms with E-state index in [0.717, 1.165) is 16.9 Å². The molecule has 0 bridgehead atoms. The van der Waals surface area contributed by atoms with Crippen LogP contribution < -0.4 is 19.6 Å². The van der Waals surface area contributed by atoms with E-state index < -0.39 is 0 Å². The molecule has 0 spiro atoms. The van der Waals surface area contributed by atoms with Crippen molar-refractivity contribution in [3.63, 3.8) is 0 Å². The first-order valence-corrected chi connectivity index (χ1v) is 8.08. The van der Waals surface area contributed by atoms with Crippen molar-refractivity contribution >= 4 is 12.2 Å². The Labute approximate surface area is 156 Å². The van der Waals surface area contributed by atoms with Crippen molar-refractivity contribution in [2.24, 2.45) is 5.10 Å². The molecule has 0 unspecified atom stereocenters. The summed E-state index contributed by atoms with van der Waals surface area (Å²) in [5, 5.41) is 12.0. The number of nitrogens with zero attached hydrogens (tertiary/aromatic N) is 4. The average molecular weight is 365 g/mol. The average Bonchev–Trinajstić information content (AvgIpc) is 2.74. The van der Waals surface area contributed by atoms with E-state index in [1.54, 1.807) is 33.7 Å². The number of benzene rings is 2. The first kappa shape index (κ1) is 18.1. The fourth-order valence-electron chi connectivity index (χ4n) is 2.35.